The van der Waals surface area contributed by atoms with Crippen LogP contribution in [-0.2, 0) is 6.42 Å². The third-order valence-electron chi connectivity index (χ3n) is 4.09. The van der Waals surface area contributed by atoms with Gasteiger partial charge in [-0.3, -0.25) is 14.0 Å². The first-order chi connectivity index (χ1) is 12.0. The van der Waals surface area contributed by atoms with Crippen LogP contribution in [0.2, 0.25) is 0 Å². The highest BCUT2D eigenvalue weighted by Gasteiger charge is 2.19. The van der Waals surface area contributed by atoms with E-state index in [1.54, 1.807) is 24.3 Å². The number of carbonyl (C=O) groups is 2. The maximum absolute atomic E-state index is 12.9. The molecule has 1 amide bonds. The second kappa shape index (κ2) is 6.89. The molecule has 0 aliphatic rings. The van der Waals surface area contributed by atoms with Gasteiger partial charge in [0.1, 0.15) is 11.3 Å². The van der Waals surface area contributed by atoms with Crippen LogP contribution in [0, 0.1) is 6.92 Å². The molecule has 2 aromatic heterocycles. The smallest absolute Gasteiger partial charge is 0.274 e. The molecule has 0 atom stereocenters. The fourth-order valence-electron chi connectivity index (χ4n) is 2.83. The molecule has 3 rings (SSSR count). The number of imidazole rings is 1. The number of aromatic nitrogens is 2. The summed E-state index contributed by atoms with van der Waals surface area (Å²) in [5.74, 6) is -0.197. The van der Waals surface area contributed by atoms with Crippen LogP contribution in [-0.4, -0.2) is 21.1 Å². The summed E-state index contributed by atoms with van der Waals surface area (Å²) in [6.07, 6.45) is 3.58. The highest BCUT2D eigenvalue weighted by molar-refractivity contribution is 6.04. The van der Waals surface area contributed by atoms with Crippen LogP contribution in [0.1, 0.15) is 52.4 Å². The van der Waals surface area contributed by atoms with E-state index in [4.69, 9.17) is 0 Å². The fraction of sp³-hybridized carbons (Fsp3) is 0.250. The van der Waals surface area contributed by atoms with Crippen molar-refractivity contribution in [2.24, 2.45) is 0 Å². The minimum Gasteiger partial charge on any atom is -0.321 e. The third-order valence-corrected chi connectivity index (χ3v) is 4.09. The van der Waals surface area contributed by atoms with Gasteiger partial charge < -0.3 is 5.32 Å². The van der Waals surface area contributed by atoms with Crippen LogP contribution in [0.3, 0.4) is 0 Å². The van der Waals surface area contributed by atoms with Crippen molar-refractivity contribution >= 4 is 23.0 Å². The van der Waals surface area contributed by atoms with Crippen LogP contribution in [0.4, 0.5) is 5.69 Å². The molecule has 5 nitrogen and oxygen atoms in total. The van der Waals surface area contributed by atoms with E-state index in [0.717, 1.165) is 29.7 Å². The predicted molar refractivity (Wildman–Crippen MR) is 98.3 cm³/mol. The maximum Gasteiger partial charge on any atom is 0.274 e. The first-order valence-corrected chi connectivity index (χ1v) is 8.39. The summed E-state index contributed by atoms with van der Waals surface area (Å²) in [5, 5.41) is 2.91. The molecule has 0 fully saturated rings. The second-order valence-corrected chi connectivity index (χ2v) is 6.18. The number of benzene rings is 1. The average molecular weight is 335 g/mol. The van der Waals surface area contributed by atoms with Crippen molar-refractivity contribution in [1.29, 1.82) is 0 Å². The number of hydrogen-bond acceptors (Lipinski definition) is 3. The number of rotatable bonds is 5. The SMILES string of the molecule is CCCc1nc2ccc(C)cn2c1C(=O)Nc1ccc(C(C)=O)cc1. The Morgan fingerprint density at radius 3 is 2.48 bits per heavy atom. The number of fused-ring (bicyclic) bond motifs is 1. The number of ketones is 1. The molecule has 25 heavy (non-hydrogen) atoms. The Balaban J connectivity index is 1.96. The Hall–Kier alpha value is -2.95. The number of nitrogens with one attached hydrogen (secondary N) is 1. The fourth-order valence-corrected chi connectivity index (χ4v) is 2.83. The lowest BCUT2D eigenvalue weighted by Crippen LogP contribution is -2.16. The molecule has 2 heterocycles. The van der Waals surface area contributed by atoms with E-state index in [0.29, 0.717) is 16.9 Å². The maximum atomic E-state index is 12.9. The van der Waals surface area contributed by atoms with Crippen LogP contribution in [0.15, 0.2) is 42.6 Å². The Morgan fingerprint density at radius 1 is 1.12 bits per heavy atom. The molecular formula is C20H21N3O2. The van der Waals surface area contributed by atoms with Crippen molar-refractivity contribution in [2.75, 3.05) is 5.32 Å². The van der Waals surface area contributed by atoms with Crippen LogP contribution in [0.5, 0.6) is 0 Å². The number of pyridine rings is 1. The van der Waals surface area contributed by atoms with E-state index in [1.165, 1.54) is 6.92 Å². The molecule has 0 unspecified atom stereocenters. The molecule has 128 valence electrons. The van der Waals surface area contributed by atoms with Gasteiger partial charge in [0.15, 0.2) is 5.78 Å². The van der Waals surface area contributed by atoms with Gasteiger partial charge in [-0.15, -0.1) is 0 Å². The number of amides is 1. The van der Waals surface area contributed by atoms with E-state index >= 15 is 0 Å². The normalized spacial score (nSPS) is 10.8. The van der Waals surface area contributed by atoms with Gasteiger partial charge in [0, 0.05) is 17.4 Å². The van der Waals surface area contributed by atoms with Gasteiger partial charge in [-0.05, 0) is 56.2 Å². The zero-order chi connectivity index (χ0) is 18.0. The Morgan fingerprint density at radius 2 is 1.84 bits per heavy atom. The summed E-state index contributed by atoms with van der Waals surface area (Å²) in [6, 6.07) is 10.8. The molecular weight excluding hydrogens is 314 g/mol. The topological polar surface area (TPSA) is 63.5 Å². The minimum atomic E-state index is -0.197. The molecule has 5 heteroatoms. The summed E-state index contributed by atoms with van der Waals surface area (Å²) in [4.78, 5) is 28.8. The molecule has 0 spiro atoms. The lowest BCUT2D eigenvalue weighted by Gasteiger charge is -2.08. The Labute approximate surface area is 146 Å². The van der Waals surface area contributed by atoms with Crippen molar-refractivity contribution in [2.45, 2.75) is 33.6 Å². The Kier molecular flexibility index (Phi) is 4.65. The number of hydrogen-bond donors (Lipinski definition) is 1. The van der Waals surface area contributed by atoms with Crippen LogP contribution < -0.4 is 5.32 Å². The molecule has 1 N–H and O–H groups in total. The Bertz CT molecular complexity index is 939. The number of aryl methyl sites for hydroxylation is 2. The van der Waals surface area contributed by atoms with E-state index in [1.807, 2.05) is 29.7 Å². The predicted octanol–water partition coefficient (Wildman–Crippen LogP) is 4.05. The highest BCUT2D eigenvalue weighted by Crippen LogP contribution is 2.18. The first-order valence-electron chi connectivity index (χ1n) is 8.39. The molecule has 1 aromatic carbocycles. The van der Waals surface area contributed by atoms with E-state index in [9.17, 15) is 9.59 Å². The standard InChI is InChI=1S/C20H21N3O2/c1-4-5-17-19(23-12-13(2)6-11-18(23)22-17)20(25)21-16-9-7-15(8-10-16)14(3)24/h6-12H,4-5H2,1-3H3,(H,21,25). The summed E-state index contributed by atoms with van der Waals surface area (Å²) >= 11 is 0. The van der Waals surface area contributed by atoms with E-state index in [-0.39, 0.29) is 11.7 Å². The van der Waals surface area contributed by atoms with Gasteiger partial charge in [-0.2, -0.15) is 0 Å². The van der Waals surface area contributed by atoms with Gasteiger partial charge in [-0.25, -0.2) is 4.98 Å². The van der Waals surface area contributed by atoms with E-state index in [2.05, 4.69) is 17.2 Å². The van der Waals surface area contributed by atoms with Crippen molar-refractivity contribution in [3.63, 3.8) is 0 Å². The van der Waals surface area contributed by atoms with Crippen molar-refractivity contribution in [3.05, 3.63) is 65.1 Å². The van der Waals surface area contributed by atoms with Gasteiger partial charge in [0.05, 0.1) is 5.69 Å². The van der Waals surface area contributed by atoms with Crippen LogP contribution >= 0.6 is 0 Å². The largest absolute Gasteiger partial charge is 0.321 e. The zero-order valence-electron chi connectivity index (χ0n) is 14.7. The lowest BCUT2D eigenvalue weighted by atomic mass is 10.1. The zero-order valence-corrected chi connectivity index (χ0v) is 14.7. The van der Waals surface area contributed by atoms with Gasteiger partial charge in [-0.1, -0.05) is 19.4 Å². The molecule has 0 aliphatic carbocycles. The molecule has 0 saturated carbocycles. The third kappa shape index (κ3) is 3.45. The minimum absolute atomic E-state index is 0.000341. The molecule has 0 bridgehead atoms. The average Bonchev–Trinajstić information content (AvgIpc) is 2.93. The summed E-state index contributed by atoms with van der Waals surface area (Å²) < 4.78 is 1.85. The molecule has 0 radical (unpaired) electrons. The van der Waals surface area contributed by atoms with Crippen LogP contribution in [0.25, 0.3) is 5.65 Å². The first kappa shape index (κ1) is 16.9. The number of carbonyl (C=O) groups excluding carboxylic acids is 2. The van der Waals surface area contributed by atoms with Gasteiger partial charge in [0.2, 0.25) is 0 Å². The molecule has 0 aliphatic heterocycles. The molecule has 0 saturated heterocycles. The quantitative estimate of drug-likeness (QED) is 0.715. The van der Waals surface area contributed by atoms with E-state index < -0.39 is 0 Å². The van der Waals surface area contributed by atoms with Gasteiger partial charge in [0.25, 0.3) is 5.91 Å². The lowest BCUT2D eigenvalue weighted by molar-refractivity contribution is 0.101. The number of nitrogens with zero attached hydrogens (tertiary/aromatic N) is 2. The van der Waals surface area contributed by atoms with Crippen molar-refractivity contribution in [3.8, 4) is 0 Å². The van der Waals surface area contributed by atoms with Crippen molar-refractivity contribution < 1.29 is 9.59 Å². The summed E-state index contributed by atoms with van der Waals surface area (Å²) in [6.45, 7) is 5.57. The highest BCUT2D eigenvalue weighted by atomic mass is 16.2. The van der Waals surface area contributed by atoms with Crippen molar-refractivity contribution in [1.82, 2.24) is 9.38 Å². The summed E-state index contributed by atoms with van der Waals surface area (Å²) in [7, 11) is 0. The second-order valence-electron chi connectivity index (χ2n) is 6.18. The monoisotopic (exact) mass is 335 g/mol. The number of Topliss-reactive ketones (excluding diaryl/α,β-unsaturated/α-hetero) is 1. The molecule has 3 aromatic rings. The van der Waals surface area contributed by atoms with Gasteiger partial charge >= 0.3 is 0 Å². The number of anilines is 1. The summed E-state index contributed by atoms with van der Waals surface area (Å²) in [5.41, 5.74) is 4.47.